The van der Waals surface area contributed by atoms with E-state index in [2.05, 4.69) is 10.3 Å². The van der Waals surface area contributed by atoms with Gasteiger partial charge in [-0.15, -0.1) is 12.4 Å². The third-order valence-electron chi connectivity index (χ3n) is 2.60. The summed E-state index contributed by atoms with van der Waals surface area (Å²) in [5.74, 6) is -0.190. The Morgan fingerprint density at radius 3 is 2.75 bits per heavy atom. The highest BCUT2D eigenvalue weighted by atomic mass is 35.5. The minimum atomic E-state index is -0.190. The fraction of sp³-hybridized carbons (Fsp3) is 0.357. The molecule has 0 fully saturated rings. The normalized spacial score (nSPS) is 10.1. The number of aromatic nitrogens is 1. The maximum Gasteiger partial charge on any atom is 0.273 e. The first-order chi connectivity index (χ1) is 9.28. The molecule has 110 valence electrons. The van der Waals surface area contributed by atoms with Crippen LogP contribution in [-0.4, -0.2) is 18.1 Å². The highest BCUT2D eigenvalue weighted by Crippen LogP contribution is 2.19. The van der Waals surface area contributed by atoms with Gasteiger partial charge < -0.3 is 10.1 Å². The Morgan fingerprint density at radius 2 is 2.05 bits per heavy atom. The maximum atomic E-state index is 12.7. The van der Waals surface area contributed by atoms with E-state index in [1.807, 2.05) is 25.3 Å². The van der Waals surface area contributed by atoms with Gasteiger partial charge in [-0.1, -0.05) is 23.5 Å². The molecule has 1 aromatic carbocycles. The average Bonchev–Trinajstić information content (AvgIpc) is 2.85. The molecule has 0 saturated heterocycles. The molecule has 1 aromatic heterocycles. The van der Waals surface area contributed by atoms with Crippen LogP contribution >= 0.6 is 23.7 Å². The fourth-order valence-corrected chi connectivity index (χ4v) is 2.44. The zero-order valence-corrected chi connectivity index (χ0v) is 12.9. The van der Waals surface area contributed by atoms with Crippen LogP contribution in [0.3, 0.4) is 0 Å². The molecule has 0 amide bonds. The van der Waals surface area contributed by atoms with E-state index in [1.165, 1.54) is 12.1 Å². The average molecular weight is 317 g/mol. The van der Waals surface area contributed by atoms with Gasteiger partial charge in [-0.05, 0) is 37.6 Å². The topological polar surface area (TPSA) is 34.1 Å². The summed E-state index contributed by atoms with van der Waals surface area (Å²) in [6, 6.07) is 6.62. The second-order valence-electron chi connectivity index (χ2n) is 4.08. The van der Waals surface area contributed by atoms with Crippen LogP contribution in [0.4, 0.5) is 4.39 Å². The van der Waals surface area contributed by atoms with Crippen molar-refractivity contribution >= 4 is 23.7 Å². The third-order valence-corrected chi connectivity index (χ3v) is 3.51. The SMILES string of the molecule is CCOc1ncc(CNCCc2ccc(F)cc2)s1.Cl. The van der Waals surface area contributed by atoms with Gasteiger partial charge in [-0.3, -0.25) is 0 Å². The molecule has 0 spiro atoms. The summed E-state index contributed by atoms with van der Waals surface area (Å²) >= 11 is 1.56. The highest BCUT2D eigenvalue weighted by Gasteiger charge is 2.01. The first-order valence-corrected chi connectivity index (χ1v) is 7.12. The Morgan fingerprint density at radius 1 is 1.30 bits per heavy atom. The smallest absolute Gasteiger partial charge is 0.273 e. The molecule has 1 heterocycles. The van der Waals surface area contributed by atoms with Crippen LogP contribution in [0, 0.1) is 5.82 Å². The minimum absolute atomic E-state index is 0. The van der Waals surface area contributed by atoms with Crippen LogP contribution in [0.5, 0.6) is 5.19 Å². The lowest BCUT2D eigenvalue weighted by molar-refractivity contribution is 0.338. The van der Waals surface area contributed by atoms with Crippen molar-refractivity contribution in [2.75, 3.05) is 13.2 Å². The Kier molecular flexibility index (Phi) is 7.51. The Bertz CT molecular complexity index is 504. The van der Waals surface area contributed by atoms with Crippen LogP contribution in [-0.2, 0) is 13.0 Å². The van der Waals surface area contributed by atoms with Crippen LogP contribution < -0.4 is 10.1 Å². The van der Waals surface area contributed by atoms with Gasteiger partial charge in [0.25, 0.3) is 5.19 Å². The largest absolute Gasteiger partial charge is 0.470 e. The number of nitrogens with one attached hydrogen (secondary N) is 1. The number of halogens is 2. The second kappa shape index (κ2) is 8.89. The number of thiazole rings is 1. The number of nitrogens with zero attached hydrogens (tertiary/aromatic N) is 1. The van der Waals surface area contributed by atoms with E-state index in [4.69, 9.17) is 4.74 Å². The van der Waals surface area contributed by atoms with Crippen molar-refractivity contribution in [3.63, 3.8) is 0 Å². The summed E-state index contributed by atoms with van der Waals surface area (Å²) in [6.45, 7) is 4.23. The van der Waals surface area contributed by atoms with Crippen molar-refractivity contribution in [2.24, 2.45) is 0 Å². The van der Waals surface area contributed by atoms with Gasteiger partial charge in [0.2, 0.25) is 0 Å². The van der Waals surface area contributed by atoms with Gasteiger partial charge >= 0.3 is 0 Å². The van der Waals surface area contributed by atoms with E-state index < -0.39 is 0 Å². The van der Waals surface area contributed by atoms with Crippen molar-refractivity contribution < 1.29 is 9.13 Å². The highest BCUT2D eigenvalue weighted by molar-refractivity contribution is 7.13. The van der Waals surface area contributed by atoms with Crippen LogP contribution in [0.25, 0.3) is 0 Å². The summed E-state index contributed by atoms with van der Waals surface area (Å²) < 4.78 is 18.0. The number of rotatable bonds is 7. The van der Waals surface area contributed by atoms with Gasteiger partial charge in [0.15, 0.2) is 0 Å². The van der Waals surface area contributed by atoms with Crippen molar-refractivity contribution in [1.82, 2.24) is 10.3 Å². The van der Waals surface area contributed by atoms with Gasteiger partial charge in [-0.25, -0.2) is 9.37 Å². The van der Waals surface area contributed by atoms with E-state index >= 15 is 0 Å². The van der Waals surface area contributed by atoms with E-state index in [9.17, 15) is 4.39 Å². The Balaban J connectivity index is 0.00000200. The molecule has 0 aliphatic heterocycles. The summed E-state index contributed by atoms with van der Waals surface area (Å²) in [5, 5.41) is 4.06. The molecule has 0 atom stereocenters. The van der Waals surface area contributed by atoms with E-state index in [0.29, 0.717) is 6.61 Å². The van der Waals surface area contributed by atoms with Crippen LogP contribution in [0.1, 0.15) is 17.4 Å². The van der Waals surface area contributed by atoms with Crippen molar-refractivity contribution in [1.29, 1.82) is 0 Å². The summed E-state index contributed by atoms with van der Waals surface area (Å²) in [4.78, 5) is 5.32. The van der Waals surface area contributed by atoms with Gasteiger partial charge in [-0.2, -0.15) is 0 Å². The van der Waals surface area contributed by atoms with E-state index in [1.54, 1.807) is 11.3 Å². The molecule has 0 aliphatic carbocycles. The standard InChI is InChI=1S/C14H17FN2OS.ClH/c1-2-18-14-17-10-13(19-14)9-16-8-7-11-3-5-12(15)6-4-11;/h3-6,10,16H,2,7-9H2,1H3;1H. The molecule has 2 aromatic rings. The summed E-state index contributed by atoms with van der Waals surface area (Å²) in [5.41, 5.74) is 1.13. The van der Waals surface area contributed by atoms with Gasteiger partial charge in [0, 0.05) is 17.6 Å². The first-order valence-electron chi connectivity index (χ1n) is 6.30. The lowest BCUT2D eigenvalue weighted by atomic mass is 10.1. The molecule has 20 heavy (non-hydrogen) atoms. The molecule has 2 rings (SSSR count). The zero-order valence-electron chi connectivity index (χ0n) is 11.3. The van der Waals surface area contributed by atoms with E-state index in [0.717, 1.165) is 35.1 Å². The number of benzene rings is 1. The first kappa shape index (κ1) is 16.9. The molecule has 0 unspecified atom stereocenters. The second-order valence-corrected chi connectivity index (χ2v) is 5.16. The summed E-state index contributed by atoms with van der Waals surface area (Å²) in [6.07, 6.45) is 2.72. The minimum Gasteiger partial charge on any atom is -0.470 e. The molecule has 3 nitrogen and oxygen atoms in total. The monoisotopic (exact) mass is 316 g/mol. The molecular formula is C14H18ClFN2OS. The molecule has 0 aliphatic rings. The fourth-order valence-electron chi connectivity index (χ4n) is 1.66. The number of ether oxygens (including phenoxy) is 1. The molecule has 0 saturated carbocycles. The predicted molar refractivity (Wildman–Crippen MR) is 82.3 cm³/mol. The molecule has 1 N–H and O–H groups in total. The van der Waals surface area contributed by atoms with Crippen molar-refractivity contribution in [2.45, 2.75) is 19.9 Å². The molecule has 0 radical (unpaired) electrons. The van der Waals surface area contributed by atoms with Crippen molar-refractivity contribution in [3.05, 3.63) is 46.7 Å². The quantitative estimate of drug-likeness (QED) is 0.795. The van der Waals surface area contributed by atoms with E-state index in [-0.39, 0.29) is 18.2 Å². The van der Waals surface area contributed by atoms with Crippen LogP contribution in [0.15, 0.2) is 30.5 Å². The van der Waals surface area contributed by atoms with Gasteiger partial charge in [0.05, 0.1) is 6.61 Å². The molecule has 6 heteroatoms. The molecule has 0 bridgehead atoms. The number of hydrogen-bond donors (Lipinski definition) is 1. The maximum absolute atomic E-state index is 12.7. The lowest BCUT2D eigenvalue weighted by Gasteiger charge is -2.03. The Labute approximate surface area is 128 Å². The third kappa shape index (κ3) is 5.45. The lowest BCUT2D eigenvalue weighted by Crippen LogP contribution is -2.15. The summed E-state index contributed by atoms with van der Waals surface area (Å²) in [7, 11) is 0. The van der Waals surface area contributed by atoms with Crippen LogP contribution in [0.2, 0.25) is 0 Å². The number of hydrogen-bond acceptors (Lipinski definition) is 4. The van der Waals surface area contributed by atoms with Crippen molar-refractivity contribution in [3.8, 4) is 5.19 Å². The zero-order chi connectivity index (χ0) is 13.5. The van der Waals surface area contributed by atoms with Gasteiger partial charge in [0.1, 0.15) is 5.82 Å². The molecular weight excluding hydrogens is 299 g/mol. The predicted octanol–water partition coefficient (Wildman–Crippen LogP) is 3.44. The Hall–Kier alpha value is -1.17.